The fourth-order valence-electron chi connectivity index (χ4n) is 2.61. The van der Waals surface area contributed by atoms with Crippen LogP contribution in [0.4, 0.5) is 0 Å². The van der Waals surface area contributed by atoms with E-state index in [2.05, 4.69) is 47.4 Å². The van der Waals surface area contributed by atoms with Crippen molar-refractivity contribution >= 4 is 0 Å². The fourth-order valence-corrected chi connectivity index (χ4v) is 2.61. The van der Waals surface area contributed by atoms with Crippen LogP contribution in [0.5, 0.6) is 0 Å². The van der Waals surface area contributed by atoms with Crippen LogP contribution < -0.4 is 17.0 Å². The van der Waals surface area contributed by atoms with Crippen molar-refractivity contribution in [3.05, 3.63) is 66.0 Å². The maximum Gasteiger partial charge on any atom is 0.388 e. The van der Waals surface area contributed by atoms with Gasteiger partial charge < -0.3 is 12.4 Å². The predicted octanol–water partition coefficient (Wildman–Crippen LogP) is -0.527. The lowest BCUT2D eigenvalue weighted by Crippen LogP contribution is -3.00. The fraction of sp³-hybridized carbons (Fsp3) is 0.188. The minimum atomic E-state index is 0. The predicted molar refractivity (Wildman–Crippen MR) is 77.1 cm³/mol. The lowest BCUT2D eigenvalue weighted by Gasteiger charge is -2.09. The Bertz CT molecular complexity index is 727. The van der Waals surface area contributed by atoms with E-state index in [-0.39, 0.29) is 12.4 Å². The van der Waals surface area contributed by atoms with E-state index in [0.29, 0.717) is 5.95 Å². The van der Waals surface area contributed by atoms with E-state index in [9.17, 15) is 0 Å². The van der Waals surface area contributed by atoms with Gasteiger partial charge in [0, 0.05) is 0 Å². The Morgan fingerprint density at radius 3 is 2.24 bits per heavy atom. The van der Waals surface area contributed by atoms with Gasteiger partial charge in [-0.2, -0.15) is 4.57 Å². The molecule has 0 fully saturated rings. The molecule has 2 aromatic heterocycles. The van der Waals surface area contributed by atoms with Gasteiger partial charge in [-0.3, -0.25) is 4.57 Å². The van der Waals surface area contributed by atoms with Gasteiger partial charge in [0.05, 0.1) is 30.5 Å². The number of benzene rings is 1. The number of hydrogen-bond acceptors (Lipinski definition) is 2. The van der Waals surface area contributed by atoms with Gasteiger partial charge in [0.1, 0.15) is 0 Å². The molecular weight excluding hydrogens is 284 g/mol. The minimum absolute atomic E-state index is 0. The van der Waals surface area contributed by atoms with E-state index in [4.69, 9.17) is 0 Å². The number of rotatable bonds is 2. The number of nitrogens with zero attached hydrogens (tertiary/aromatic N) is 4. The monoisotopic (exact) mass is 300 g/mol. The summed E-state index contributed by atoms with van der Waals surface area (Å²) in [6, 6.07) is 6.21. The van der Waals surface area contributed by atoms with Crippen molar-refractivity contribution in [3.8, 4) is 11.6 Å². The number of halogens is 1. The Morgan fingerprint density at radius 2 is 1.62 bits per heavy atom. The first-order chi connectivity index (χ1) is 9.65. The standard InChI is InChI=1S/C16H17N4.ClH/c1-12-9-13(2)15(14(3)10-12)19-7-8-20(11-19)16-17-5-4-6-18-16;/h4-11H,1-3H3;1H/q+1;/p-1. The molecule has 0 amide bonds. The first-order valence-electron chi connectivity index (χ1n) is 6.60. The van der Waals surface area contributed by atoms with Crippen molar-refractivity contribution < 1.29 is 17.0 Å². The van der Waals surface area contributed by atoms with Crippen molar-refractivity contribution in [2.75, 3.05) is 0 Å². The first kappa shape index (κ1) is 15.2. The highest BCUT2D eigenvalue weighted by molar-refractivity contribution is 5.48. The Balaban J connectivity index is 0.00000161. The van der Waals surface area contributed by atoms with Crippen LogP contribution in [0.25, 0.3) is 11.6 Å². The summed E-state index contributed by atoms with van der Waals surface area (Å²) in [5.74, 6) is 0.675. The summed E-state index contributed by atoms with van der Waals surface area (Å²) in [6.07, 6.45) is 9.49. The molecule has 0 aliphatic carbocycles. The maximum atomic E-state index is 4.25. The average Bonchev–Trinajstić information content (AvgIpc) is 2.88. The molecule has 0 spiro atoms. The first-order valence-corrected chi connectivity index (χ1v) is 6.60. The summed E-state index contributed by atoms with van der Waals surface area (Å²) in [5.41, 5.74) is 5.03. The normalized spacial score (nSPS) is 10.2. The summed E-state index contributed by atoms with van der Waals surface area (Å²) in [5, 5.41) is 0. The van der Waals surface area contributed by atoms with Gasteiger partial charge in [0.25, 0.3) is 0 Å². The highest BCUT2D eigenvalue weighted by atomic mass is 35.5. The van der Waals surface area contributed by atoms with Crippen LogP contribution in [0.15, 0.2) is 49.3 Å². The summed E-state index contributed by atoms with van der Waals surface area (Å²) in [7, 11) is 0. The largest absolute Gasteiger partial charge is 1.00 e. The van der Waals surface area contributed by atoms with Crippen molar-refractivity contribution in [2.24, 2.45) is 0 Å². The van der Waals surface area contributed by atoms with Gasteiger partial charge in [-0.25, -0.2) is 0 Å². The number of imidazole rings is 1. The van der Waals surface area contributed by atoms with E-state index in [1.807, 2.05) is 29.4 Å². The van der Waals surface area contributed by atoms with Crippen LogP contribution in [-0.2, 0) is 0 Å². The summed E-state index contributed by atoms with van der Waals surface area (Å²) < 4.78 is 4.03. The van der Waals surface area contributed by atoms with Crippen LogP contribution in [0, 0.1) is 20.8 Å². The highest BCUT2D eigenvalue weighted by Crippen LogP contribution is 2.20. The van der Waals surface area contributed by atoms with Crippen molar-refractivity contribution in [3.63, 3.8) is 0 Å². The van der Waals surface area contributed by atoms with E-state index in [0.717, 1.165) is 0 Å². The third-order valence-corrected chi connectivity index (χ3v) is 3.31. The van der Waals surface area contributed by atoms with E-state index in [1.54, 1.807) is 12.4 Å². The molecule has 0 aliphatic heterocycles. The molecule has 0 saturated carbocycles. The zero-order chi connectivity index (χ0) is 14.1. The number of aryl methyl sites for hydroxylation is 3. The number of hydrogen-bond donors (Lipinski definition) is 0. The Kier molecular flexibility index (Phi) is 4.38. The molecule has 108 valence electrons. The molecule has 2 heterocycles. The molecule has 3 rings (SSSR count). The lowest BCUT2D eigenvalue weighted by atomic mass is 10.1. The van der Waals surface area contributed by atoms with E-state index >= 15 is 0 Å². The SMILES string of the molecule is Cc1cc(C)c(-n2cc[n+](-c3ncccn3)c2)c(C)c1.[Cl-]. The van der Waals surface area contributed by atoms with Gasteiger partial charge in [-0.1, -0.05) is 17.7 Å². The smallest absolute Gasteiger partial charge is 0.388 e. The molecule has 0 unspecified atom stereocenters. The Hall–Kier alpha value is -2.20. The molecule has 1 aromatic carbocycles. The summed E-state index contributed by atoms with van der Waals surface area (Å²) in [6.45, 7) is 6.40. The van der Waals surface area contributed by atoms with Gasteiger partial charge in [0.2, 0.25) is 0 Å². The second-order valence-electron chi connectivity index (χ2n) is 5.02. The van der Waals surface area contributed by atoms with Crippen LogP contribution in [-0.4, -0.2) is 14.5 Å². The average molecular weight is 301 g/mol. The number of aromatic nitrogens is 4. The molecule has 0 radical (unpaired) electrons. The molecule has 0 bridgehead atoms. The molecule has 3 aromatic rings. The maximum absolute atomic E-state index is 4.25. The topological polar surface area (TPSA) is 34.6 Å². The quantitative estimate of drug-likeness (QED) is 0.597. The second kappa shape index (κ2) is 6.06. The molecule has 0 N–H and O–H groups in total. The second-order valence-corrected chi connectivity index (χ2v) is 5.02. The summed E-state index contributed by atoms with van der Waals surface area (Å²) >= 11 is 0. The van der Waals surface area contributed by atoms with Crippen molar-refractivity contribution in [1.29, 1.82) is 0 Å². The van der Waals surface area contributed by atoms with Crippen LogP contribution >= 0.6 is 0 Å². The van der Waals surface area contributed by atoms with Gasteiger partial charge >= 0.3 is 5.95 Å². The van der Waals surface area contributed by atoms with Crippen LogP contribution in [0.2, 0.25) is 0 Å². The Labute approximate surface area is 130 Å². The third-order valence-electron chi connectivity index (χ3n) is 3.31. The molecule has 5 heteroatoms. The van der Waals surface area contributed by atoms with Gasteiger partial charge in [-0.15, -0.1) is 9.97 Å². The minimum Gasteiger partial charge on any atom is -1.00 e. The lowest BCUT2D eigenvalue weighted by molar-refractivity contribution is -0.602. The van der Waals surface area contributed by atoms with E-state index in [1.165, 1.54) is 22.4 Å². The molecule has 0 atom stereocenters. The molecule has 0 aliphatic rings. The Morgan fingerprint density at radius 1 is 1.00 bits per heavy atom. The third kappa shape index (κ3) is 2.95. The summed E-state index contributed by atoms with van der Waals surface area (Å²) in [4.78, 5) is 8.51. The molecular formula is C16H17ClN4. The van der Waals surface area contributed by atoms with Gasteiger partial charge in [-0.05, 0) is 38.0 Å². The van der Waals surface area contributed by atoms with Crippen LogP contribution in [0.1, 0.15) is 16.7 Å². The molecule has 4 nitrogen and oxygen atoms in total. The zero-order valence-corrected chi connectivity index (χ0v) is 13.0. The van der Waals surface area contributed by atoms with Crippen molar-refractivity contribution in [2.45, 2.75) is 20.8 Å². The van der Waals surface area contributed by atoms with E-state index < -0.39 is 0 Å². The molecule has 21 heavy (non-hydrogen) atoms. The highest BCUT2D eigenvalue weighted by Gasteiger charge is 2.12. The van der Waals surface area contributed by atoms with Crippen molar-refractivity contribution in [1.82, 2.24) is 14.5 Å². The van der Waals surface area contributed by atoms with Gasteiger partial charge in [0.15, 0.2) is 6.33 Å². The van der Waals surface area contributed by atoms with Crippen LogP contribution in [0.3, 0.4) is 0 Å². The zero-order valence-electron chi connectivity index (χ0n) is 12.3. The molecule has 0 saturated heterocycles.